The van der Waals surface area contributed by atoms with Gasteiger partial charge < -0.3 is 5.32 Å². The molecule has 0 amide bonds. The molecule has 4 heteroatoms. The van der Waals surface area contributed by atoms with E-state index in [0.29, 0.717) is 17.6 Å². The Hall–Kier alpha value is -2.72. The molecule has 1 saturated carbocycles. The van der Waals surface area contributed by atoms with Gasteiger partial charge in [-0.25, -0.2) is 5.01 Å². The van der Waals surface area contributed by atoms with Crippen molar-refractivity contribution in [1.82, 2.24) is 10.3 Å². The van der Waals surface area contributed by atoms with Crippen molar-refractivity contribution in [2.75, 3.05) is 6.54 Å². The van der Waals surface area contributed by atoms with Crippen LogP contribution < -0.4 is 5.32 Å². The van der Waals surface area contributed by atoms with Crippen molar-refractivity contribution in [2.45, 2.75) is 25.3 Å². The first kappa shape index (κ1) is 18.6. The van der Waals surface area contributed by atoms with Gasteiger partial charge in [-0.2, -0.15) is 5.10 Å². The Morgan fingerprint density at radius 2 is 1.86 bits per heavy atom. The van der Waals surface area contributed by atoms with Crippen molar-refractivity contribution in [3.8, 4) is 0 Å². The fourth-order valence-corrected chi connectivity index (χ4v) is 4.38. The average molecular weight is 388 g/mol. The summed E-state index contributed by atoms with van der Waals surface area (Å²) >= 11 is 5.69. The summed E-state index contributed by atoms with van der Waals surface area (Å²) in [6.45, 7) is 4.42. The van der Waals surface area contributed by atoms with Gasteiger partial charge in [0.2, 0.25) is 0 Å². The van der Waals surface area contributed by atoms with Gasteiger partial charge in [0.15, 0.2) is 5.11 Å². The molecule has 142 valence electrons. The Morgan fingerprint density at radius 3 is 2.57 bits per heavy atom. The standard InChI is InChI=1S/C24H25N3S/c1-2-16-25-24(28)27-23(19-12-7-4-8-13-19)21-15-9-14-20(22(21)26-27)17-18-10-5-3-6-11-18/h2-8,10-13,17,21,23H,1,9,14-16H2,(H,25,28)/b20-17+/t21-,23-/m1/s1. The minimum Gasteiger partial charge on any atom is -0.358 e. The third-order valence-electron chi connectivity index (χ3n) is 5.39. The van der Waals surface area contributed by atoms with Gasteiger partial charge >= 0.3 is 0 Å². The Bertz CT molecular complexity index is 902. The zero-order valence-corrected chi connectivity index (χ0v) is 16.7. The van der Waals surface area contributed by atoms with E-state index in [1.165, 1.54) is 28.8 Å². The second-order valence-corrected chi connectivity index (χ2v) is 7.63. The van der Waals surface area contributed by atoms with Gasteiger partial charge in [0, 0.05) is 12.5 Å². The van der Waals surface area contributed by atoms with Crippen molar-refractivity contribution in [3.05, 3.63) is 90.0 Å². The van der Waals surface area contributed by atoms with E-state index in [4.69, 9.17) is 17.3 Å². The molecule has 2 aromatic rings. The summed E-state index contributed by atoms with van der Waals surface area (Å²) < 4.78 is 0. The molecule has 0 radical (unpaired) electrons. The van der Waals surface area contributed by atoms with Crippen molar-refractivity contribution in [3.63, 3.8) is 0 Å². The van der Waals surface area contributed by atoms with Gasteiger partial charge in [0.05, 0.1) is 11.8 Å². The third kappa shape index (κ3) is 3.78. The van der Waals surface area contributed by atoms with Crippen LogP contribution in [0.1, 0.15) is 36.4 Å². The lowest BCUT2D eigenvalue weighted by Gasteiger charge is -2.30. The van der Waals surface area contributed by atoms with Gasteiger partial charge in [-0.05, 0) is 54.3 Å². The van der Waals surface area contributed by atoms with E-state index in [0.717, 1.165) is 12.8 Å². The monoisotopic (exact) mass is 387 g/mol. The van der Waals surface area contributed by atoms with Crippen LogP contribution in [-0.2, 0) is 0 Å². The quantitative estimate of drug-likeness (QED) is 0.566. The number of benzene rings is 2. The number of nitrogens with one attached hydrogen (secondary N) is 1. The Kier molecular flexibility index (Phi) is 5.68. The number of thiocarbonyl (C=S) groups is 1. The fraction of sp³-hybridized carbons (Fsp3) is 0.250. The molecule has 0 aromatic heterocycles. The number of nitrogens with zero attached hydrogens (tertiary/aromatic N) is 2. The molecule has 0 saturated heterocycles. The van der Waals surface area contributed by atoms with E-state index < -0.39 is 0 Å². The number of hydrogen-bond donors (Lipinski definition) is 1. The molecule has 1 aliphatic heterocycles. The van der Waals surface area contributed by atoms with Crippen molar-refractivity contribution in [2.24, 2.45) is 11.0 Å². The largest absolute Gasteiger partial charge is 0.358 e. The maximum absolute atomic E-state index is 5.69. The first-order valence-electron chi connectivity index (χ1n) is 9.85. The minimum atomic E-state index is 0.139. The summed E-state index contributed by atoms with van der Waals surface area (Å²) in [5.74, 6) is 0.356. The topological polar surface area (TPSA) is 27.6 Å². The van der Waals surface area contributed by atoms with E-state index in [1.807, 2.05) is 11.1 Å². The van der Waals surface area contributed by atoms with Gasteiger partial charge in [-0.1, -0.05) is 66.7 Å². The molecule has 2 aromatic carbocycles. The average Bonchev–Trinajstić information content (AvgIpc) is 3.14. The normalized spacial score (nSPS) is 22.5. The smallest absolute Gasteiger partial charge is 0.190 e. The van der Waals surface area contributed by atoms with E-state index in [2.05, 4.69) is 78.6 Å². The Balaban J connectivity index is 1.72. The second-order valence-electron chi connectivity index (χ2n) is 7.24. The number of rotatable bonds is 4. The van der Waals surface area contributed by atoms with Gasteiger partial charge in [-0.3, -0.25) is 0 Å². The maximum atomic E-state index is 5.69. The SMILES string of the molecule is C=CCNC(=S)N1N=C2/C(=C/c3ccccc3)CCC[C@H]2[C@H]1c1ccccc1. The van der Waals surface area contributed by atoms with Crippen LogP contribution in [0.5, 0.6) is 0 Å². The van der Waals surface area contributed by atoms with Gasteiger partial charge in [-0.15, -0.1) is 6.58 Å². The van der Waals surface area contributed by atoms with Crippen LogP contribution in [0, 0.1) is 5.92 Å². The van der Waals surface area contributed by atoms with E-state index in [1.54, 1.807) is 0 Å². The number of hydrogen-bond acceptors (Lipinski definition) is 2. The number of allylic oxidation sites excluding steroid dienone is 1. The Labute approximate surface area is 172 Å². The van der Waals surface area contributed by atoms with Gasteiger partial charge in [0.1, 0.15) is 0 Å². The second kappa shape index (κ2) is 8.53. The summed E-state index contributed by atoms with van der Waals surface area (Å²) in [6, 6.07) is 21.3. The summed E-state index contributed by atoms with van der Waals surface area (Å²) in [4.78, 5) is 0. The molecule has 1 aliphatic carbocycles. The fourth-order valence-electron chi connectivity index (χ4n) is 4.14. The zero-order chi connectivity index (χ0) is 19.3. The first-order chi connectivity index (χ1) is 13.8. The highest BCUT2D eigenvalue weighted by molar-refractivity contribution is 7.80. The molecule has 1 heterocycles. The predicted molar refractivity (Wildman–Crippen MR) is 121 cm³/mol. The Morgan fingerprint density at radius 1 is 1.14 bits per heavy atom. The minimum absolute atomic E-state index is 0.139. The van der Waals surface area contributed by atoms with Crippen LogP contribution in [0.3, 0.4) is 0 Å². The lowest BCUT2D eigenvalue weighted by molar-refractivity contribution is 0.301. The third-order valence-corrected chi connectivity index (χ3v) is 5.72. The summed E-state index contributed by atoms with van der Waals surface area (Å²) in [5.41, 5.74) is 5.00. The molecular formula is C24H25N3S. The van der Waals surface area contributed by atoms with Crippen LogP contribution in [-0.4, -0.2) is 22.4 Å². The van der Waals surface area contributed by atoms with Crippen LogP contribution in [0.15, 0.2) is 84.0 Å². The van der Waals surface area contributed by atoms with E-state index in [-0.39, 0.29) is 6.04 Å². The zero-order valence-electron chi connectivity index (χ0n) is 15.9. The highest BCUT2D eigenvalue weighted by atomic mass is 32.1. The molecule has 1 N–H and O–H groups in total. The molecule has 4 rings (SSSR count). The molecule has 0 bridgehead atoms. The summed E-state index contributed by atoms with van der Waals surface area (Å²) in [5, 5.41) is 11.0. The highest BCUT2D eigenvalue weighted by Crippen LogP contribution is 2.44. The lowest BCUT2D eigenvalue weighted by Crippen LogP contribution is -2.38. The molecule has 2 aliphatic rings. The summed E-state index contributed by atoms with van der Waals surface area (Å²) in [6.07, 6.45) is 7.47. The highest BCUT2D eigenvalue weighted by Gasteiger charge is 2.42. The molecule has 28 heavy (non-hydrogen) atoms. The first-order valence-corrected chi connectivity index (χ1v) is 10.3. The van der Waals surface area contributed by atoms with Crippen LogP contribution in [0.25, 0.3) is 6.08 Å². The van der Waals surface area contributed by atoms with E-state index >= 15 is 0 Å². The van der Waals surface area contributed by atoms with Crippen molar-refractivity contribution in [1.29, 1.82) is 0 Å². The van der Waals surface area contributed by atoms with Crippen LogP contribution >= 0.6 is 12.2 Å². The number of fused-ring (bicyclic) bond motifs is 1. The molecule has 3 nitrogen and oxygen atoms in total. The van der Waals surface area contributed by atoms with Crippen LogP contribution in [0.2, 0.25) is 0 Å². The number of hydrazone groups is 1. The van der Waals surface area contributed by atoms with E-state index in [9.17, 15) is 0 Å². The molecule has 1 fully saturated rings. The molecule has 0 unspecified atom stereocenters. The van der Waals surface area contributed by atoms with Crippen LogP contribution in [0.4, 0.5) is 0 Å². The lowest BCUT2D eigenvalue weighted by atomic mass is 9.77. The maximum Gasteiger partial charge on any atom is 0.190 e. The van der Waals surface area contributed by atoms with Crippen molar-refractivity contribution < 1.29 is 0 Å². The summed E-state index contributed by atoms with van der Waals surface area (Å²) in [7, 11) is 0. The molecule has 2 atom stereocenters. The predicted octanol–water partition coefficient (Wildman–Crippen LogP) is 5.34. The molecule has 0 spiro atoms. The molecular weight excluding hydrogens is 362 g/mol. The van der Waals surface area contributed by atoms with Gasteiger partial charge in [0.25, 0.3) is 0 Å². The van der Waals surface area contributed by atoms with Crippen molar-refractivity contribution >= 4 is 29.1 Å².